The number of phenols is 1. The summed E-state index contributed by atoms with van der Waals surface area (Å²) in [4.78, 5) is 28.2. The molecule has 0 bridgehead atoms. The van der Waals surface area contributed by atoms with Crippen LogP contribution >= 0.6 is 0 Å². The van der Waals surface area contributed by atoms with Crippen LogP contribution in [0.2, 0.25) is 0 Å². The van der Waals surface area contributed by atoms with Crippen molar-refractivity contribution in [3.05, 3.63) is 53.1 Å². The van der Waals surface area contributed by atoms with E-state index in [0.29, 0.717) is 0 Å². The maximum absolute atomic E-state index is 14.3. The van der Waals surface area contributed by atoms with Gasteiger partial charge in [0, 0.05) is 23.0 Å². The molecule has 0 aliphatic heterocycles. The van der Waals surface area contributed by atoms with E-state index in [9.17, 15) is 37.4 Å². The lowest BCUT2D eigenvalue weighted by atomic mass is 9.95. The van der Waals surface area contributed by atoms with Crippen LogP contribution in [0.15, 0.2) is 30.5 Å². The fraction of sp³-hybridized carbons (Fsp3) is 0.381. The smallest absolute Gasteiger partial charge is 0.411 e. The topological polar surface area (TPSA) is 112 Å². The number of nitrogens with zero attached hydrogens (tertiary/aromatic N) is 1. The van der Waals surface area contributed by atoms with Gasteiger partial charge in [0.2, 0.25) is 5.91 Å². The van der Waals surface area contributed by atoms with Crippen molar-refractivity contribution < 1.29 is 37.4 Å². The quantitative estimate of drug-likeness (QED) is 0.500. The van der Waals surface area contributed by atoms with E-state index in [1.54, 1.807) is 0 Å². The van der Waals surface area contributed by atoms with Crippen LogP contribution in [-0.2, 0) is 16.8 Å². The predicted octanol–water partition coefficient (Wildman–Crippen LogP) is 3.16. The standard InChI is InChI=1S/C21H21F4N3O4/c1-19(2,32)13-10-14(22)11(7-16(13)29)8-17(30)27-12-3-6-26-15(9-12)18(31)28-20(4-5-20)21(23,24)25/h3,6-7,9-10,29,32H,4-5,8H2,1-2H3,(H,28,31)(H,26,27,30). The van der Waals surface area contributed by atoms with E-state index in [0.717, 1.165) is 24.4 Å². The molecule has 4 N–H and O–H groups in total. The van der Waals surface area contributed by atoms with E-state index >= 15 is 0 Å². The molecule has 1 fully saturated rings. The number of carbonyl (C=O) groups excluding carboxylic acids is 2. The van der Waals surface area contributed by atoms with Crippen LogP contribution in [0, 0.1) is 5.82 Å². The second kappa shape index (κ2) is 8.05. The first-order valence-electron chi connectivity index (χ1n) is 9.61. The number of phenolic OH excluding ortho intramolecular Hbond substituents is 1. The normalized spacial score (nSPS) is 15.2. The number of nitrogens with one attached hydrogen (secondary N) is 2. The molecule has 1 aromatic heterocycles. The van der Waals surface area contributed by atoms with Gasteiger partial charge in [0.1, 0.15) is 22.8 Å². The molecule has 172 valence electrons. The van der Waals surface area contributed by atoms with E-state index in [1.807, 2.05) is 5.32 Å². The molecule has 0 atom stereocenters. The highest BCUT2D eigenvalue weighted by molar-refractivity contribution is 5.96. The number of hydrogen-bond acceptors (Lipinski definition) is 5. The first kappa shape index (κ1) is 23.5. The van der Waals surface area contributed by atoms with Gasteiger partial charge in [0.05, 0.1) is 12.0 Å². The number of carbonyl (C=O) groups is 2. The highest BCUT2D eigenvalue weighted by Crippen LogP contribution is 2.49. The lowest BCUT2D eigenvalue weighted by Crippen LogP contribution is -2.48. The van der Waals surface area contributed by atoms with Crippen molar-refractivity contribution in [2.24, 2.45) is 0 Å². The minimum absolute atomic E-state index is 0.0452. The molecule has 11 heteroatoms. The predicted molar refractivity (Wildman–Crippen MR) is 105 cm³/mol. The van der Waals surface area contributed by atoms with Gasteiger partial charge in [-0.15, -0.1) is 0 Å². The summed E-state index contributed by atoms with van der Waals surface area (Å²) in [5, 5.41) is 24.3. The molecule has 0 saturated heterocycles. The molecule has 1 saturated carbocycles. The van der Waals surface area contributed by atoms with Gasteiger partial charge < -0.3 is 20.8 Å². The fourth-order valence-electron chi connectivity index (χ4n) is 3.13. The maximum Gasteiger partial charge on any atom is 0.411 e. The third-order valence-corrected chi connectivity index (χ3v) is 5.10. The van der Waals surface area contributed by atoms with Crippen molar-refractivity contribution in [1.82, 2.24) is 10.3 Å². The number of halogens is 4. The Kier molecular flexibility index (Phi) is 5.90. The molecular formula is C21H21F4N3O4. The zero-order valence-electron chi connectivity index (χ0n) is 17.2. The SMILES string of the molecule is CC(C)(O)c1cc(F)c(CC(=O)Nc2ccnc(C(=O)NC3(C(F)(F)F)CC3)c2)cc1O. The Morgan fingerprint density at radius 2 is 1.84 bits per heavy atom. The molecule has 3 rings (SSSR count). The molecule has 1 heterocycles. The number of benzene rings is 1. The van der Waals surface area contributed by atoms with Crippen molar-refractivity contribution in [1.29, 1.82) is 0 Å². The number of anilines is 1. The van der Waals surface area contributed by atoms with Gasteiger partial charge in [0.25, 0.3) is 5.91 Å². The van der Waals surface area contributed by atoms with Crippen LogP contribution in [0.5, 0.6) is 5.75 Å². The van der Waals surface area contributed by atoms with E-state index in [4.69, 9.17) is 0 Å². The van der Waals surface area contributed by atoms with Crippen molar-refractivity contribution in [2.75, 3.05) is 5.32 Å². The van der Waals surface area contributed by atoms with Crippen molar-refractivity contribution in [3.8, 4) is 5.75 Å². The van der Waals surface area contributed by atoms with E-state index in [-0.39, 0.29) is 41.1 Å². The second-order valence-electron chi connectivity index (χ2n) is 8.21. The Morgan fingerprint density at radius 3 is 2.41 bits per heavy atom. The van der Waals surface area contributed by atoms with Gasteiger partial charge in [0.15, 0.2) is 0 Å². The van der Waals surface area contributed by atoms with Gasteiger partial charge in [-0.2, -0.15) is 13.2 Å². The highest BCUT2D eigenvalue weighted by Gasteiger charge is 2.64. The Morgan fingerprint density at radius 1 is 1.19 bits per heavy atom. The minimum Gasteiger partial charge on any atom is -0.508 e. The highest BCUT2D eigenvalue weighted by atomic mass is 19.4. The average Bonchev–Trinajstić information content (AvgIpc) is 3.44. The van der Waals surface area contributed by atoms with Crippen molar-refractivity contribution >= 4 is 17.5 Å². The van der Waals surface area contributed by atoms with Crippen LogP contribution in [0.4, 0.5) is 23.2 Å². The number of aliphatic hydroxyl groups is 1. The lowest BCUT2D eigenvalue weighted by molar-refractivity contribution is -0.163. The van der Waals surface area contributed by atoms with Crippen LogP contribution in [0.25, 0.3) is 0 Å². The summed E-state index contributed by atoms with van der Waals surface area (Å²) in [6, 6.07) is 4.38. The second-order valence-corrected chi connectivity index (χ2v) is 8.21. The number of rotatable bonds is 6. The average molecular weight is 455 g/mol. The summed E-state index contributed by atoms with van der Waals surface area (Å²) in [5.41, 5.74) is -4.18. The van der Waals surface area contributed by atoms with Gasteiger partial charge in [-0.3, -0.25) is 14.6 Å². The Bertz CT molecular complexity index is 1060. The molecule has 2 amide bonds. The lowest BCUT2D eigenvalue weighted by Gasteiger charge is -2.20. The fourth-order valence-corrected chi connectivity index (χ4v) is 3.13. The van der Waals surface area contributed by atoms with Gasteiger partial charge in [-0.1, -0.05) is 0 Å². The number of hydrogen-bond donors (Lipinski definition) is 4. The van der Waals surface area contributed by atoms with E-state index < -0.39 is 41.4 Å². The van der Waals surface area contributed by atoms with Crippen LogP contribution < -0.4 is 10.6 Å². The zero-order valence-corrected chi connectivity index (χ0v) is 17.2. The minimum atomic E-state index is -4.58. The largest absolute Gasteiger partial charge is 0.508 e. The monoisotopic (exact) mass is 455 g/mol. The van der Waals surface area contributed by atoms with Gasteiger partial charge in [-0.25, -0.2) is 4.39 Å². The first-order valence-corrected chi connectivity index (χ1v) is 9.61. The molecular weight excluding hydrogens is 434 g/mol. The third-order valence-electron chi connectivity index (χ3n) is 5.10. The summed E-state index contributed by atoms with van der Waals surface area (Å²) in [6.07, 6.45) is -4.35. The van der Waals surface area contributed by atoms with Gasteiger partial charge in [-0.05, 0) is 51.0 Å². The molecule has 1 aromatic carbocycles. The summed E-state index contributed by atoms with van der Waals surface area (Å²) in [5.74, 6) is -2.94. The zero-order chi connectivity index (χ0) is 23.9. The van der Waals surface area contributed by atoms with E-state index in [1.165, 1.54) is 19.9 Å². The van der Waals surface area contributed by atoms with Crippen LogP contribution in [-0.4, -0.2) is 38.7 Å². The molecule has 1 aliphatic carbocycles. The summed E-state index contributed by atoms with van der Waals surface area (Å²) < 4.78 is 53.4. The number of amides is 2. The number of aromatic hydroxyl groups is 1. The molecule has 7 nitrogen and oxygen atoms in total. The molecule has 2 aromatic rings. The molecule has 1 aliphatic rings. The summed E-state index contributed by atoms with van der Waals surface area (Å²) >= 11 is 0. The third kappa shape index (κ3) is 4.98. The maximum atomic E-state index is 14.3. The van der Waals surface area contributed by atoms with Crippen molar-refractivity contribution in [3.63, 3.8) is 0 Å². The Balaban J connectivity index is 1.69. The number of alkyl halides is 3. The molecule has 0 radical (unpaired) electrons. The Hall–Kier alpha value is -3.21. The summed E-state index contributed by atoms with van der Waals surface area (Å²) in [7, 11) is 0. The van der Waals surface area contributed by atoms with E-state index in [2.05, 4.69) is 10.3 Å². The van der Waals surface area contributed by atoms with Crippen LogP contribution in [0.1, 0.15) is 48.3 Å². The first-order chi connectivity index (χ1) is 14.7. The van der Waals surface area contributed by atoms with Crippen molar-refractivity contribution in [2.45, 2.75) is 50.4 Å². The number of aromatic nitrogens is 1. The van der Waals surface area contributed by atoms with Crippen LogP contribution in [0.3, 0.4) is 0 Å². The Labute approximate surface area is 180 Å². The summed E-state index contributed by atoms with van der Waals surface area (Å²) in [6.45, 7) is 2.73. The van der Waals surface area contributed by atoms with Gasteiger partial charge >= 0.3 is 6.18 Å². The molecule has 0 unspecified atom stereocenters. The number of pyridine rings is 1. The molecule has 0 spiro atoms. The molecule has 32 heavy (non-hydrogen) atoms.